The zero-order chi connectivity index (χ0) is 18.0. The van der Waals surface area contributed by atoms with Crippen molar-refractivity contribution >= 4 is 27.7 Å². The lowest BCUT2D eigenvalue weighted by Gasteiger charge is -2.59. The van der Waals surface area contributed by atoms with Crippen LogP contribution in [0.3, 0.4) is 0 Å². The highest BCUT2D eigenvalue weighted by atomic mass is 79.9. The topological polar surface area (TPSA) is 43.4 Å². The number of hydrogen-bond acceptors (Lipinski definition) is 3. The highest BCUT2D eigenvalue weighted by molar-refractivity contribution is 9.09. The van der Waals surface area contributed by atoms with Crippen LogP contribution in [-0.4, -0.2) is 22.7 Å². The molecule has 4 aliphatic rings. The molecule has 0 heterocycles. The molecule has 3 nitrogen and oxygen atoms in total. The van der Waals surface area contributed by atoms with Gasteiger partial charge in [0.05, 0.1) is 0 Å². The second-order valence-electron chi connectivity index (χ2n) is 9.28. The van der Waals surface area contributed by atoms with Crippen LogP contribution in [0, 0.1) is 28.6 Å². The Morgan fingerprint density at radius 2 is 1.96 bits per heavy atom. The molecule has 0 radical (unpaired) electrons. The quantitative estimate of drug-likeness (QED) is 0.461. The average molecular weight is 409 g/mol. The Bertz CT molecular complexity index is 641. The first kappa shape index (κ1) is 17.8. The molecule has 3 fully saturated rings. The summed E-state index contributed by atoms with van der Waals surface area (Å²) in [5, 5.41) is 0. The van der Waals surface area contributed by atoms with Gasteiger partial charge in [0.2, 0.25) is 0 Å². The highest BCUT2D eigenvalue weighted by Crippen LogP contribution is 2.66. The van der Waals surface area contributed by atoms with E-state index in [1.54, 1.807) is 0 Å². The van der Waals surface area contributed by atoms with Crippen LogP contribution in [0.1, 0.15) is 65.7 Å². The van der Waals surface area contributed by atoms with Crippen LogP contribution in [0.25, 0.3) is 0 Å². The SMILES string of the molecule is CC(=O)O[C@H]1CC[C@H]2[C@@H]3C[C@@H](Br)C4=CC(=O)CC[C@]4(C)[C@H]3CC[C@]12C. The van der Waals surface area contributed by atoms with Crippen LogP contribution in [0.4, 0.5) is 0 Å². The summed E-state index contributed by atoms with van der Waals surface area (Å²) in [4.78, 5) is 23.9. The Morgan fingerprint density at radius 1 is 1.20 bits per heavy atom. The maximum absolute atomic E-state index is 12.0. The number of ketones is 1. The number of esters is 1. The first-order chi connectivity index (χ1) is 11.8. The van der Waals surface area contributed by atoms with E-state index in [1.165, 1.54) is 25.3 Å². The van der Waals surface area contributed by atoms with Crippen LogP contribution in [0.2, 0.25) is 0 Å². The van der Waals surface area contributed by atoms with Gasteiger partial charge in [0.15, 0.2) is 5.78 Å². The van der Waals surface area contributed by atoms with E-state index in [0.29, 0.717) is 34.8 Å². The van der Waals surface area contributed by atoms with Gasteiger partial charge in [-0.1, -0.05) is 29.8 Å². The summed E-state index contributed by atoms with van der Waals surface area (Å²) in [5.41, 5.74) is 1.64. The normalized spacial score (nSPS) is 48.9. The molecule has 4 rings (SSSR count). The van der Waals surface area contributed by atoms with Crippen LogP contribution in [-0.2, 0) is 14.3 Å². The van der Waals surface area contributed by atoms with E-state index < -0.39 is 0 Å². The number of allylic oxidation sites excluding steroid dienone is 1. The molecule has 0 N–H and O–H groups in total. The largest absolute Gasteiger partial charge is 0.462 e. The van der Waals surface area contributed by atoms with Crippen molar-refractivity contribution in [1.29, 1.82) is 0 Å². The standard InChI is InChI=1S/C21H29BrO3/c1-12(23)25-19-5-4-15-14-11-18(22)17-10-13(24)6-8-20(17,2)16(14)7-9-21(15,19)3/h10,14-16,18-19H,4-9,11H2,1-3H3/t14-,15-,16-,18+,19-,20+,21-/m0/s1. The van der Waals surface area contributed by atoms with Crippen LogP contribution in [0.5, 0.6) is 0 Å². The molecule has 4 heteroatoms. The minimum atomic E-state index is -0.140. The van der Waals surface area contributed by atoms with Gasteiger partial charge >= 0.3 is 5.97 Å². The number of fused-ring (bicyclic) bond motifs is 5. The van der Waals surface area contributed by atoms with Crippen molar-refractivity contribution in [2.24, 2.45) is 28.6 Å². The zero-order valence-electron chi connectivity index (χ0n) is 15.5. The van der Waals surface area contributed by atoms with Gasteiger partial charge in [0, 0.05) is 23.6 Å². The Kier molecular flexibility index (Phi) is 4.22. The second-order valence-corrected chi connectivity index (χ2v) is 10.4. The monoisotopic (exact) mass is 408 g/mol. The molecule has 138 valence electrons. The third-order valence-electron chi connectivity index (χ3n) is 8.16. The lowest BCUT2D eigenvalue weighted by molar-refractivity contribution is -0.157. The average Bonchev–Trinajstić information content (AvgIpc) is 2.86. The number of ether oxygens (including phenoxy) is 1. The highest BCUT2D eigenvalue weighted by Gasteiger charge is 2.61. The van der Waals surface area contributed by atoms with Gasteiger partial charge in [-0.25, -0.2) is 0 Å². The molecule has 0 saturated heterocycles. The third-order valence-corrected chi connectivity index (χ3v) is 9.03. The number of carbonyl (C=O) groups excluding carboxylic acids is 2. The molecule has 0 amide bonds. The first-order valence-electron chi connectivity index (χ1n) is 9.82. The van der Waals surface area contributed by atoms with E-state index in [-0.39, 0.29) is 22.9 Å². The second kappa shape index (κ2) is 5.94. The summed E-state index contributed by atoms with van der Waals surface area (Å²) in [6, 6.07) is 0. The van der Waals surface area contributed by atoms with Crippen LogP contribution in [0.15, 0.2) is 11.6 Å². The van der Waals surface area contributed by atoms with E-state index in [2.05, 4.69) is 29.8 Å². The minimum Gasteiger partial charge on any atom is -0.462 e. The first-order valence-corrected chi connectivity index (χ1v) is 10.7. The lowest BCUT2D eigenvalue weighted by Crippen LogP contribution is -2.53. The van der Waals surface area contributed by atoms with Crippen molar-refractivity contribution in [3.63, 3.8) is 0 Å². The summed E-state index contributed by atoms with van der Waals surface area (Å²) in [6.07, 6.45) is 9.35. The van der Waals surface area contributed by atoms with Crippen molar-refractivity contribution in [2.75, 3.05) is 0 Å². The third kappa shape index (κ3) is 2.57. The van der Waals surface area contributed by atoms with Gasteiger partial charge in [-0.05, 0) is 73.3 Å². The van der Waals surface area contributed by atoms with Gasteiger partial charge in [0.25, 0.3) is 0 Å². The number of hydrogen-bond donors (Lipinski definition) is 0. The Morgan fingerprint density at radius 3 is 2.68 bits per heavy atom. The molecule has 25 heavy (non-hydrogen) atoms. The smallest absolute Gasteiger partial charge is 0.302 e. The van der Waals surface area contributed by atoms with E-state index >= 15 is 0 Å². The fourth-order valence-electron chi connectivity index (χ4n) is 6.90. The van der Waals surface area contributed by atoms with Crippen molar-refractivity contribution in [3.8, 4) is 0 Å². The fraction of sp³-hybridized carbons (Fsp3) is 0.810. The predicted molar refractivity (Wildman–Crippen MR) is 100 cm³/mol. The molecule has 3 saturated carbocycles. The number of alkyl halides is 1. The van der Waals surface area contributed by atoms with Gasteiger partial charge in [0.1, 0.15) is 6.10 Å². The summed E-state index contributed by atoms with van der Waals surface area (Å²) in [5.74, 6) is 2.12. The zero-order valence-corrected chi connectivity index (χ0v) is 17.1. The molecule has 0 aromatic carbocycles. The molecule has 0 bridgehead atoms. The maximum atomic E-state index is 12.0. The molecule has 0 aromatic rings. The number of halogens is 1. The summed E-state index contributed by atoms with van der Waals surface area (Å²) in [7, 11) is 0. The fourth-order valence-corrected chi connectivity index (χ4v) is 7.99. The molecular formula is C21H29BrO3. The van der Waals surface area contributed by atoms with E-state index in [4.69, 9.17) is 4.74 Å². The summed E-state index contributed by atoms with van der Waals surface area (Å²) < 4.78 is 5.73. The molecule has 4 aliphatic carbocycles. The van der Waals surface area contributed by atoms with Gasteiger partial charge in [-0.3, -0.25) is 9.59 Å². The molecule has 0 spiro atoms. The molecular weight excluding hydrogens is 380 g/mol. The van der Waals surface area contributed by atoms with Crippen molar-refractivity contribution in [1.82, 2.24) is 0 Å². The van der Waals surface area contributed by atoms with Crippen LogP contribution < -0.4 is 0 Å². The molecule has 0 unspecified atom stereocenters. The van der Waals surface area contributed by atoms with E-state index in [0.717, 1.165) is 25.7 Å². The summed E-state index contributed by atoms with van der Waals surface area (Å²) in [6.45, 7) is 6.29. The van der Waals surface area contributed by atoms with Crippen LogP contribution >= 0.6 is 15.9 Å². The molecule has 0 aromatic heterocycles. The van der Waals surface area contributed by atoms with Gasteiger partial charge < -0.3 is 4.74 Å². The van der Waals surface area contributed by atoms with Gasteiger partial charge in [-0.15, -0.1) is 0 Å². The van der Waals surface area contributed by atoms with Crippen molar-refractivity contribution in [3.05, 3.63) is 11.6 Å². The maximum Gasteiger partial charge on any atom is 0.302 e. The molecule has 0 aliphatic heterocycles. The van der Waals surface area contributed by atoms with Gasteiger partial charge in [-0.2, -0.15) is 0 Å². The summed E-state index contributed by atoms with van der Waals surface area (Å²) >= 11 is 3.92. The minimum absolute atomic E-state index is 0.0856. The molecule has 7 atom stereocenters. The predicted octanol–water partition coefficient (Wildman–Crippen LogP) is 4.82. The van der Waals surface area contributed by atoms with Crippen molar-refractivity contribution < 1.29 is 14.3 Å². The van der Waals surface area contributed by atoms with Crippen molar-refractivity contribution in [2.45, 2.75) is 76.6 Å². The Hall–Kier alpha value is -0.640. The lowest BCUT2D eigenvalue weighted by atomic mass is 9.47. The van der Waals surface area contributed by atoms with E-state index in [9.17, 15) is 9.59 Å². The Balaban J connectivity index is 1.66. The Labute approximate surface area is 159 Å². The number of carbonyl (C=O) groups is 2. The van der Waals surface area contributed by atoms with E-state index in [1.807, 2.05) is 6.08 Å². The number of rotatable bonds is 1.